The van der Waals surface area contributed by atoms with Gasteiger partial charge in [0.15, 0.2) is 5.58 Å². The van der Waals surface area contributed by atoms with Crippen molar-refractivity contribution < 1.29 is 13.9 Å². The molecule has 6 rings (SSSR count). The molecule has 2 aliphatic rings. The van der Waals surface area contributed by atoms with Crippen LogP contribution in [0, 0.1) is 0 Å². The summed E-state index contributed by atoms with van der Waals surface area (Å²) in [5.41, 5.74) is 2.23. The third-order valence-corrected chi connectivity index (χ3v) is 7.39. The summed E-state index contributed by atoms with van der Waals surface area (Å²) in [6.07, 6.45) is 5.02. The molecule has 1 N–H and O–H groups in total. The normalized spacial score (nSPS) is 18.5. The van der Waals surface area contributed by atoms with E-state index in [1.54, 1.807) is 6.20 Å². The maximum absolute atomic E-state index is 13.1. The highest BCUT2D eigenvalue weighted by molar-refractivity contribution is 7.21. The van der Waals surface area contributed by atoms with Crippen LogP contribution in [0.2, 0.25) is 0 Å². The van der Waals surface area contributed by atoms with Crippen molar-refractivity contribution in [1.82, 2.24) is 19.8 Å². The molecule has 0 bridgehead atoms. The molecule has 33 heavy (non-hydrogen) atoms. The van der Waals surface area contributed by atoms with Gasteiger partial charge >= 0.3 is 0 Å². The van der Waals surface area contributed by atoms with Gasteiger partial charge in [0.05, 0.1) is 15.1 Å². The molecular weight excluding hydrogens is 438 g/mol. The van der Waals surface area contributed by atoms with Crippen LogP contribution in [0.3, 0.4) is 0 Å². The average Bonchev–Trinajstić information content (AvgIpc) is 3.20. The Morgan fingerprint density at radius 2 is 2.09 bits per heavy atom. The molecule has 8 nitrogen and oxygen atoms in total. The minimum atomic E-state index is 0.0630. The summed E-state index contributed by atoms with van der Waals surface area (Å²) in [7, 11) is 4.12. The maximum Gasteiger partial charge on any atom is 0.295 e. The standard InChI is InChI=1S/C24H25N5O3S/c1-28(2)15-8-10-29(13-15)23(30)21-12-18-22(33-21)20(7-9-25-18)31-16-5-6-19-17(11-16)27-24(32-19)26-14-3-4-14/h5-7,9,11-12,14-15H,3-4,8,10,13H2,1-2H3,(H,26,27)/t15-/m0/s1. The number of thiophene rings is 1. The highest BCUT2D eigenvalue weighted by atomic mass is 32.1. The number of fused-ring (bicyclic) bond motifs is 2. The lowest BCUT2D eigenvalue weighted by molar-refractivity contribution is 0.0788. The number of likely N-dealkylation sites (N-methyl/N-ethyl adjacent to an activating group) is 1. The first-order valence-electron chi connectivity index (χ1n) is 11.2. The quantitative estimate of drug-likeness (QED) is 0.448. The van der Waals surface area contributed by atoms with Crippen molar-refractivity contribution in [3.8, 4) is 11.5 Å². The Morgan fingerprint density at radius 1 is 1.21 bits per heavy atom. The number of oxazole rings is 1. The van der Waals surface area contributed by atoms with Crippen LogP contribution in [0.25, 0.3) is 21.3 Å². The van der Waals surface area contributed by atoms with Gasteiger partial charge < -0.3 is 24.3 Å². The van der Waals surface area contributed by atoms with Gasteiger partial charge in [0.2, 0.25) is 0 Å². The van der Waals surface area contributed by atoms with Gasteiger partial charge in [-0.3, -0.25) is 9.78 Å². The smallest absolute Gasteiger partial charge is 0.295 e. The number of pyridine rings is 1. The van der Waals surface area contributed by atoms with Crippen LogP contribution in [-0.2, 0) is 0 Å². The molecule has 1 amide bonds. The van der Waals surface area contributed by atoms with E-state index in [1.165, 1.54) is 11.3 Å². The van der Waals surface area contributed by atoms with Crippen LogP contribution < -0.4 is 10.1 Å². The number of benzene rings is 1. The number of carbonyl (C=O) groups is 1. The number of ether oxygens (including phenoxy) is 1. The number of nitrogens with zero attached hydrogens (tertiary/aromatic N) is 4. The summed E-state index contributed by atoms with van der Waals surface area (Å²) in [5, 5.41) is 3.28. The van der Waals surface area contributed by atoms with Gasteiger partial charge in [0, 0.05) is 43.5 Å². The highest BCUT2D eigenvalue weighted by Crippen LogP contribution is 2.37. The molecule has 1 saturated carbocycles. The summed E-state index contributed by atoms with van der Waals surface area (Å²) >= 11 is 1.43. The monoisotopic (exact) mass is 463 g/mol. The van der Waals surface area contributed by atoms with E-state index in [4.69, 9.17) is 9.15 Å². The van der Waals surface area contributed by atoms with Gasteiger partial charge in [-0.2, -0.15) is 4.98 Å². The Labute approximate surface area is 195 Å². The predicted octanol–water partition coefficient (Wildman–Crippen LogP) is 4.58. The van der Waals surface area contributed by atoms with Crippen molar-refractivity contribution in [2.24, 2.45) is 0 Å². The number of nitrogens with one attached hydrogen (secondary N) is 1. The molecule has 9 heteroatoms. The molecule has 170 valence electrons. The lowest BCUT2D eigenvalue weighted by Crippen LogP contribution is -2.34. The number of likely N-dealkylation sites (tertiary alicyclic amines) is 1. The van der Waals surface area contributed by atoms with E-state index in [1.807, 2.05) is 35.2 Å². The molecule has 4 heterocycles. The zero-order chi connectivity index (χ0) is 22.5. The fourth-order valence-electron chi connectivity index (χ4n) is 4.17. The van der Waals surface area contributed by atoms with Crippen molar-refractivity contribution in [2.75, 3.05) is 32.5 Å². The second kappa shape index (κ2) is 8.00. The van der Waals surface area contributed by atoms with E-state index in [-0.39, 0.29) is 5.91 Å². The molecule has 1 aromatic carbocycles. The molecule has 3 aromatic heterocycles. The first-order valence-corrected chi connectivity index (χ1v) is 12.0. The fraction of sp³-hybridized carbons (Fsp3) is 0.375. The predicted molar refractivity (Wildman–Crippen MR) is 128 cm³/mol. The van der Waals surface area contributed by atoms with Crippen molar-refractivity contribution in [3.63, 3.8) is 0 Å². The van der Waals surface area contributed by atoms with E-state index >= 15 is 0 Å². The Bertz CT molecular complexity index is 1340. The highest BCUT2D eigenvalue weighted by Gasteiger charge is 2.29. The van der Waals surface area contributed by atoms with Crippen molar-refractivity contribution in [3.05, 3.63) is 41.4 Å². The number of aromatic nitrogens is 2. The average molecular weight is 464 g/mol. The number of hydrogen-bond acceptors (Lipinski definition) is 8. The number of hydrogen-bond donors (Lipinski definition) is 1. The Morgan fingerprint density at radius 3 is 2.88 bits per heavy atom. The van der Waals surface area contributed by atoms with E-state index in [0.717, 1.165) is 53.7 Å². The van der Waals surface area contributed by atoms with Crippen LogP contribution in [-0.4, -0.2) is 64.9 Å². The van der Waals surface area contributed by atoms with E-state index < -0.39 is 0 Å². The number of rotatable bonds is 6. The Balaban J connectivity index is 1.24. The number of anilines is 1. The van der Waals surface area contributed by atoms with Crippen molar-refractivity contribution in [2.45, 2.75) is 31.3 Å². The lowest BCUT2D eigenvalue weighted by Gasteiger charge is -2.19. The summed E-state index contributed by atoms with van der Waals surface area (Å²) < 4.78 is 12.8. The molecule has 0 unspecified atom stereocenters. The minimum absolute atomic E-state index is 0.0630. The first-order chi connectivity index (χ1) is 16.0. The van der Waals surface area contributed by atoms with Crippen LogP contribution in [0.4, 0.5) is 6.01 Å². The molecule has 1 aliphatic heterocycles. The van der Waals surface area contributed by atoms with Crippen molar-refractivity contribution in [1.29, 1.82) is 0 Å². The topological polar surface area (TPSA) is 83.7 Å². The molecule has 0 radical (unpaired) electrons. The molecular formula is C24H25N5O3S. The third kappa shape index (κ3) is 4.02. The molecule has 1 aliphatic carbocycles. The van der Waals surface area contributed by atoms with Gasteiger partial charge in [-0.1, -0.05) is 0 Å². The van der Waals surface area contributed by atoms with Crippen LogP contribution >= 0.6 is 11.3 Å². The minimum Gasteiger partial charge on any atom is -0.456 e. The molecule has 2 fully saturated rings. The molecule has 1 atom stereocenters. The third-order valence-electron chi connectivity index (χ3n) is 6.26. The zero-order valence-corrected chi connectivity index (χ0v) is 19.4. The largest absolute Gasteiger partial charge is 0.456 e. The Kier molecular flexibility index (Phi) is 4.95. The van der Waals surface area contributed by atoms with Crippen LogP contribution in [0.15, 0.2) is 40.9 Å². The Hall–Kier alpha value is -3.17. The lowest BCUT2D eigenvalue weighted by atomic mass is 10.2. The van der Waals surface area contributed by atoms with Gasteiger partial charge in [0.25, 0.3) is 11.9 Å². The SMILES string of the molecule is CN(C)[C@H]1CCN(C(=O)c2cc3nccc(Oc4ccc5oc(NC6CC6)nc5c4)c3s2)C1. The van der Waals surface area contributed by atoms with Gasteiger partial charge in [-0.25, -0.2) is 0 Å². The van der Waals surface area contributed by atoms with Crippen LogP contribution in [0.5, 0.6) is 11.5 Å². The fourth-order valence-corrected chi connectivity index (χ4v) is 5.20. The molecule has 0 spiro atoms. The van der Waals surface area contributed by atoms with Gasteiger partial charge in [-0.15, -0.1) is 11.3 Å². The van der Waals surface area contributed by atoms with Crippen LogP contribution in [0.1, 0.15) is 28.9 Å². The summed E-state index contributed by atoms with van der Waals surface area (Å²) in [5.74, 6) is 1.40. The second-order valence-corrected chi connectivity index (χ2v) is 10.0. The van der Waals surface area contributed by atoms with E-state index in [0.29, 0.717) is 34.5 Å². The number of carbonyl (C=O) groups excluding carboxylic acids is 1. The van der Waals surface area contributed by atoms with Gasteiger partial charge in [-0.05, 0) is 51.6 Å². The maximum atomic E-state index is 13.1. The molecule has 4 aromatic rings. The van der Waals surface area contributed by atoms with Crippen molar-refractivity contribution >= 4 is 44.6 Å². The zero-order valence-electron chi connectivity index (χ0n) is 18.6. The summed E-state index contributed by atoms with van der Waals surface area (Å²) in [4.78, 5) is 26.9. The summed E-state index contributed by atoms with van der Waals surface area (Å²) in [6.45, 7) is 1.54. The summed E-state index contributed by atoms with van der Waals surface area (Å²) in [6, 6.07) is 10.7. The first kappa shape index (κ1) is 20.4. The second-order valence-electron chi connectivity index (χ2n) is 8.96. The van der Waals surface area contributed by atoms with E-state index in [2.05, 4.69) is 34.3 Å². The van der Waals surface area contributed by atoms with E-state index in [9.17, 15) is 4.79 Å². The number of amides is 1. The molecule has 1 saturated heterocycles. The van der Waals surface area contributed by atoms with Gasteiger partial charge in [0.1, 0.15) is 17.0 Å².